The SMILES string of the molecule is CC(C)CCCNCCc1ccc([N+](=O)[O-])cc1. The average Bonchev–Trinajstić information content (AvgIpc) is 2.34. The van der Waals surface area contributed by atoms with Gasteiger partial charge in [0.2, 0.25) is 0 Å². The molecule has 0 atom stereocenters. The van der Waals surface area contributed by atoms with E-state index in [2.05, 4.69) is 19.2 Å². The summed E-state index contributed by atoms with van der Waals surface area (Å²) in [5, 5.41) is 13.9. The molecule has 0 bridgehead atoms. The van der Waals surface area contributed by atoms with Crippen molar-refractivity contribution >= 4 is 5.69 Å². The van der Waals surface area contributed by atoms with Gasteiger partial charge in [-0.3, -0.25) is 10.1 Å². The molecule has 0 amide bonds. The third-order valence-electron chi connectivity index (χ3n) is 2.87. The molecule has 0 aromatic heterocycles. The molecular weight excluding hydrogens is 228 g/mol. The van der Waals surface area contributed by atoms with Crippen LogP contribution in [0, 0.1) is 16.0 Å². The molecule has 0 radical (unpaired) electrons. The van der Waals surface area contributed by atoms with Crippen molar-refractivity contribution in [3.05, 3.63) is 39.9 Å². The van der Waals surface area contributed by atoms with Gasteiger partial charge in [0, 0.05) is 12.1 Å². The number of benzene rings is 1. The lowest BCUT2D eigenvalue weighted by Crippen LogP contribution is -2.18. The highest BCUT2D eigenvalue weighted by Gasteiger charge is 2.03. The molecule has 0 saturated carbocycles. The number of nitro benzene ring substituents is 1. The van der Waals surface area contributed by atoms with Crippen LogP contribution in [-0.2, 0) is 6.42 Å². The second-order valence-corrected chi connectivity index (χ2v) is 4.96. The monoisotopic (exact) mass is 250 g/mol. The van der Waals surface area contributed by atoms with Crippen LogP contribution in [0.4, 0.5) is 5.69 Å². The molecule has 1 N–H and O–H groups in total. The van der Waals surface area contributed by atoms with E-state index in [1.54, 1.807) is 12.1 Å². The molecule has 0 unspecified atom stereocenters. The van der Waals surface area contributed by atoms with Crippen LogP contribution in [0.15, 0.2) is 24.3 Å². The summed E-state index contributed by atoms with van der Waals surface area (Å²) >= 11 is 0. The number of hydrogen-bond donors (Lipinski definition) is 1. The molecule has 0 fully saturated rings. The molecule has 18 heavy (non-hydrogen) atoms. The summed E-state index contributed by atoms with van der Waals surface area (Å²) in [5.74, 6) is 0.765. The molecule has 4 heteroatoms. The van der Waals surface area contributed by atoms with E-state index in [1.165, 1.54) is 12.8 Å². The van der Waals surface area contributed by atoms with Crippen molar-refractivity contribution in [1.29, 1.82) is 0 Å². The van der Waals surface area contributed by atoms with Crippen LogP contribution in [0.1, 0.15) is 32.3 Å². The summed E-state index contributed by atoms with van der Waals surface area (Å²) in [6, 6.07) is 6.78. The van der Waals surface area contributed by atoms with Gasteiger partial charge in [-0.2, -0.15) is 0 Å². The van der Waals surface area contributed by atoms with E-state index in [0.717, 1.165) is 31.0 Å². The maximum Gasteiger partial charge on any atom is 0.269 e. The van der Waals surface area contributed by atoms with E-state index in [1.807, 2.05) is 12.1 Å². The highest BCUT2D eigenvalue weighted by Crippen LogP contribution is 2.11. The van der Waals surface area contributed by atoms with Gasteiger partial charge in [-0.15, -0.1) is 0 Å². The van der Waals surface area contributed by atoms with Gasteiger partial charge in [0.15, 0.2) is 0 Å². The number of non-ortho nitro benzene ring substituents is 1. The first-order valence-electron chi connectivity index (χ1n) is 6.53. The topological polar surface area (TPSA) is 55.2 Å². The standard InChI is InChI=1S/C14H22N2O2/c1-12(2)4-3-10-15-11-9-13-5-7-14(8-6-13)16(17)18/h5-8,12,15H,3-4,9-11H2,1-2H3. The Morgan fingerprint density at radius 3 is 2.44 bits per heavy atom. The number of nitrogens with zero attached hydrogens (tertiary/aromatic N) is 1. The Morgan fingerprint density at radius 2 is 1.89 bits per heavy atom. The summed E-state index contributed by atoms with van der Waals surface area (Å²) in [4.78, 5) is 10.1. The Hall–Kier alpha value is -1.42. The Kier molecular flexibility index (Phi) is 6.36. The van der Waals surface area contributed by atoms with Gasteiger partial charge in [-0.25, -0.2) is 0 Å². The van der Waals surface area contributed by atoms with E-state index in [0.29, 0.717) is 0 Å². The van der Waals surface area contributed by atoms with Gasteiger partial charge >= 0.3 is 0 Å². The molecule has 0 aliphatic rings. The van der Waals surface area contributed by atoms with E-state index in [9.17, 15) is 10.1 Å². The Morgan fingerprint density at radius 1 is 1.22 bits per heavy atom. The highest BCUT2D eigenvalue weighted by atomic mass is 16.6. The number of nitro groups is 1. The quantitative estimate of drug-likeness (QED) is 0.438. The molecule has 0 heterocycles. The molecule has 0 aliphatic heterocycles. The minimum Gasteiger partial charge on any atom is -0.316 e. The van der Waals surface area contributed by atoms with Crippen LogP contribution in [0.5, 0.6) is 0 Å². The number of hydrogen-bond acceptors (Lipinski definition) is 3. The lowest BCUT2D eigenvalue weighted by Gasteiger charge is -2.06. The maximum atomic E-state index is 10.5. The largest absolute Gasteiger partial charge is 0.316 e. The predicted molar refractivity (Wildman–Crippen MR) is 73.7 cm³/mol. The first kappa shape index (κ1) is 14.6. The molecule has 4 nitrogen and oxygen atoms in total. The zero-order valence-electron chi connectivity index (χ0n) is 11.2. The minimum atomic E-state index is -0.367. The van der Waals surface area contributed by atoms with E-state index in [-0.39, 0.29) is 10.6 Å². The molecular formula is C14H22N2O2. The Bertz CT molecular complexity index is 361. The van der Waals surface area contributed by atoms with E-state index >= 15 is 0 Å². The van der Waals surface area contributed by atoms with Crippen LogP contribution in [0.2, 0.25) is 0 Å². The van der Waals surface area contributed by atoms with Crippen LogP contribution >= 0.6 is 0 Å². The van der Waals surface area contributed by atoms with Crippen molar-refractivity contribution in [2.24, 2.45) is 5.92 Å². The number of rotatable bonds is 8. The molecule has 1 aromatic rings. The first-order chi connectivity index (χ1) is 8.59. The van der Waals surface area contributed by atoms with Crippen LogP contribution < -0.4 is 5.32 Å². The molecule has 0 saturated heterocycles. The maximum absolute atomic E-state index is 10.5. The van der Waals surface area contributed by atoms with Crippen molar-refractivity contribution < 1.29 is 4.92 Å². The Balaban J connectivity index is 2.17. The molecule has 0 aliphatic carbocycles. The summed E-state index contributed by atoms with van der Waals surface area (Å²) in [7, 11) is 0. The number of nitrogens with one attached hydrogen (secondary N) is 1. The van der Waals surface area contributed by atoms with Gasteiger partial charge in [0.1, 0.15) is 0 Å². The minimum absolute atomic E-state index is 0.156. The normalized spacial score (nSPS) is 10.8. The average molecular weight is 250 g/mol. The summed E-state index contributed by atoms with van der Waals surface area (Å²) < 4.78 is 0. The van der Waals surface area contributed by atoms with E-state index < -0.39 is 0 Å². The molecule has 0 spiro atoms. The Labute approximate surface area is 109 Å². The molecule has 100 valence electrons. The zero-order valence-corrected chi connectivity index (χ0v) is 11.2. The third kappa shape index (κ3) is 5.77. The van der Waals surface area contributed by atoms with Crippen LogP contribution in [0.3, 0.4) is 0 Å². The molecule has 1 rings (SSSR count). The fourth-order valence-electron chi connectivity index (χ4n) is 1.78. The van der Waals surface area contributed by atoms with Gasteiger partial charge in [-0.05, 0) is 43.8 Å². The van der Waals surface area contributed by atoms with Crippen molar-refractivity contribution in [3.8, 4) is 0 Å². The van der Waals surface area contributed by atoms with Crippen molar-refractivity contribution in [1.82, 2.24) is 5.32 Å². The lowest BCUT2D eigenvalue weighted by molar-refractivity contribution is -0.384. The predicted octanol–water partition coefficient (Wildman–Crippen LogP) is 3.16. The summed E-state index contributed by atoms with van der Waals surface area (Å²) in [6.07, 6.45) is 3.38. The van der Waals surface area contributed by atoms with Crippen molar-refractivity contribution in [2.75, 3.05) is 13.1 Å². The smallest absolute Gasteiger partial charge is 0.269 e. The van der Waals surface area contributed by atoms with Gasteiger partial charge < -0.3 is 5.32 Å². The second-order valence-electron chi connectivity index (χ2n) is 4.96. The van der Waals surface area contributed by atoms with Crippen LogP contribution in [0.25, 0.3) is 0 Å². The van der Waals surface area contributed by atoms with Crippen molar-refractivity contribution in [2.45, 2.75) is 33.1 Å². The first-order valence-corrected chi connectivity index (χ1v) is 6.53. The van der Waals surface area contributed by atoms with Gasteiger partial charge in [0.25, 0.3) is 5.69 Å². The summed E-state index contributed by atoms with van der Waals surface area (Å²) in [6.45, 7) is 6.44. The van der Waals surface area contributed by atoms with Gasteiger partial charge in [-0.1, -0.05) is 26.0 Å². The van der Waals surface area contributed by atoms with Gasteiger partial charge in [0.05, 0.1) is 4.92 Å². The van der Waals surface area contributed by atoms with Crippen LogP contribution in [-0.4, -0.2) is 18.0 Å². The lowest BCUT2D eigenvalue weighted by atomic mass is 10.1. The second kappa shape index (κ2) is 7.82. The zero-order chi connectivity index (χ0) is 13.4. The molecule has 1 aromatic carbocycles. The van der Waals surface area contributed by atoms with Crippen molar-refractivity contribution in [3.63, 3.8) is 0 Å². The highest BCUT2D eigenvalue weighted by molar-refractivity contribution is 5.32. The summed E-state index contributed by atoms with van der Waals surface area (Å²) in [5.41, 5.74) is 1.29. The fourth-order valence-corrected chi connectivity index (χ4v) is 1.78. The third-order valence-corrected chi connectivity index (χ3v) is 2.87. The fraction of sp³-hybridized carbons (Fsp3) is 0.571. The van der Waals surface area contributed by atoms with E-state index in [4.69, 9.17) is 0 Å².